The first-order valence-electron chi connectivity index (χ1n) is 8.01. The van der Waals surface area contributed by atoms with Crippen LogP contribution in [0.2, 0.25) is 0 Å². The number of carbonyl (C=O) groups is 1. The average Bonchev–Trinajstić information content (AvgIpc) is 2.54. The van der Waals surface area contributed by atoms with Crippen LogP contribution in [0.25, 0.3) is 0 Å². The van der Waals surface area contributed by atoms with E-state index in [4.69, 9.17) is 9.47 Å². The minimum Gasteiger partial charge on any atom is -0.492 e. The predicted molar refractivity (Wildman–Crippen MR) is 89.8 cm³/mol. The number of benzene rings is 1. The van der Waals surface area contributed by atoms with Gasteiger partial charge in [0.1, 0.15) is 10.6 Å². The van der Waals surface area contributed by atoms with Gasteiger partial charge >= 0.3 is 0 Å². The van der Waals surface area contributed by atoms with Crippen molar-refractivity contribution in [2.24, 2.45) is 0 Å². The van der Waals surface area contributed by atoms with Crippen molar-refractivity contribution in [1.82, 2.24) is 9.62 Å². The molecule has 1 saturated heterocycles. The molecule has 0 saturated carbocycles. The maximum Gasteiger partial charge on any atom is 0.254 e. The zero-order valence-corrected chi connectivity index (χ0v) is 15.1. The number of nitrogens with one attached hydrogen (secondary N) is 1. The van der Waals surface area contributed by atoms with Gasteiger partial charge in [-0.05, 0) is 39.0 Å². The molecule has 7 nitrogen and oxygen atoms in total. The van der Waals surface area contributed by atoms with Crippen molar-refractivity contribution in [2.45, 2.75) is 31.7 Å². The lowest BCUT2D eigenvalue weighted by Gasteiger charge is -2.27. The maximum absolute atomic E-state index is 12.6. The van der Waals surface area contributed by atoms with Gasteiger partial charge in [0.25, 0.3) is 5.91 Å². The van der Waals surface area contributed by atoms with Crippen LogP contribution in [-0.4, -0.2) is 58.2 Å². The summed E-state index contributed by atoms with van der Waals surface area (Å²) in [5, 5.41) is 0. The Morgan fingerprint density at radius 1 is 1.33 bits per heavy atom. The van der Waals surface area contributed by atoms with Crippen LogP contribution in [0, 0.1) is 0 Å². The number of hydrogen-bond acceptors (Lipinski definition) is 5. The molecule has 0 unspecified atom stereocenters. The molecule has 1 aliphatic heterocycles. The number of amides is 1. The largest absolute Gasteiger partial charge is 0.492 e. The second kappa shape index (κ2) is 7.96. The summed E-state index contributed by atoms with van der Waals surface area (Å²) in [7, 11) is -3.77. The van der Waals surface area contributed by atoms with Crippen LogP contribution in [-0.2, 0) is 14.8 Å². The van der Waals surface area contributed by atoms with Crippen LogP contribution >= 0.6 is 0 Å². The molecule has 134 valence electrons. The molecule has 0 aromatic heterocycles. The van der Waals surface area contributed by atoms with Crippen LogP contribution in [0.15, 0.2) is 23.1 Å². The molecule has 2 rings (SSSR count). The molecule has 0 spiro atoms. The van der Waals surface area contributed by atoms with Gasteiger partial charge in [-0.15, -0.1) is 0 Å². The topological polar surface area (TPSA) is 84.9 Å². The third-order valence-electron chi connectivity index (χ3n) is 3.47. The molecular formula is C16H24N2O5S. The van der Waals surface area contributed by atoms with Crippen LogP contribution in [0.4, 0.5) is 0 Å². The number of carbonyl (C=O) groups excluding carboxylic acids is 1. The number of morpholine rings is 1. The lowest BCUT2D eigenvalue weighted by molar-refractivity contribution is 0.0302. The van der Waals surface area contributed by atoms with E-state index in [2.05, 4.69) is 4.72 Å². The highest BCUT2D eigenvalue weighted by molar-refractivity contribution is 7.89. The van der Waals surface area contributed by atoms with Crippen LogP contribution in [0.5, 0.6) is 5.75 Å². The van der Waals surface area contributed by atoms with Crippen molar-refractivity contribution in [3.63, 3.8) is 0 Å². The molecule has 1 fully saturated rings. The normalized spacial score (nSPS) is 15.6. The second-order valence-corrected chi connectivity index (χ2v) is 7.46. The highest BCUT2D eigenvalue weighted by Gasteiger charge is 2.25. The van der Waals surface area contributed by atoms with Crippen LogP contribution in [0.3, 0.4) is 0 Å². The van der Waals surface area contributed by atoms with Crippen molar-refractivity contribution in [3.05, 3.63) is 23.8 Å². The maximum atomic E-state index is 12.6. The second-order valence-electron chi connectivity index (χ2n) is 5.78. The Labute approximate surface area is 143 Å². The molecule has 0 atom stereocenters. The number of hydrogen-bond donors (Lipinski definition) is 1. The molecule has 0 aliphatic carbocycles. The molecule has 1 aliphatic rings. The Balaban J connectivity index is 2.38. The summed E-state index contributed by atoms with van der Waals surface area (Å²) in [6.45, 7) is 7.56. The number of sulfonamides is 1. The van der Waals surface area contributed by atoms with E-state index in [-0.39, 0.29) is 22.6 Å². The van der Waals surface area contributed by atoms with E-state index in [1.54, 1.807) is 31.7 Å². The average molecular weight is 356 g/mol. The fourth-order valence-corrected chi connectivity index (χ4v) is 3.87. The van der Waals surface area contributed by atoms with Crippen molar-refractivity contribution < 1.29 is 22.7 Å². The quantitative estimate of drug-likeness (QED) is 0.829. The third-order valence-corrected chi connectivity index (χ3v) is 5.15. The highest BCUT2D eigenvalue weighted by Crippen LogP contribution is 2.26. The first-order chi connectivity index (χ1) is 11.3. The minimum absolute atomic E-state index is 0.0165. The summed E-state index contributed by atoms with van der Waals surface area (Å²) in [6.07, 6.45) is 0. The summed E-state index contributed by atoms with van der Waals surface area (Å²) in [5.41, 5.74) is 0.324. The van der Waals surface area contributed by atoms with E-state index in [1.165, 1.54) is 12.1 Å². The molecule has 1 aromatic carbocycles. The molecule has 8 heteroatoms. The first kappa shape index (κ1) is 18.7. The number of ether oxygens (including phenoxy) is 2. The Kier molecular flexibility index (Phi) is 6.20. The Morgan fingerprint density at radius 3 is 2.58 bits per heavy atom. The summed E-state index contributed by atoms with van der Waals surface area (Å²) in [6, 6.07) is 4.25. The van der Waals surface area contributed by atoms with Gasteiger partial charge < -0.3 is 14.4 Å². The van der Waals surface area contributed by atoms with Crippen molar-refractivity contribution >= 4 is 15.9 Å². The summed E-state index contributed by atoms with van der Waals surface area (Å²) in [4.78, 5) is 14.2. The molecule has 1 amide bonds. The van der Waals surface area contributed by atoms with Crippen LogP contribution < -0.4 is 9.46 Å². The SMILES string of the molecule is CCOc1ccc(C(=O)N2CCOCC2)cc1S(=O)(=O)NC(C)C. The molecule has 0 radical (unpaired) electrons. The number of rotatable bonds is 6. The summed E-state index contributed by atoms with van der Waals surface area (Å²) >= 11 is 0. The number of nitrogens with zero attached hydrogens (tertiary/aromatic N) is 1. The van der Waals surface area contributed by atoms with E-state index >= 15 is 0 Å². The lowest BCUT2D eigenvalue weighted by atomic mass is 10.2. The summed E-state index contributed by atoms with van der Waals surface area (Å²) in [5.74, 6) is 0.0338. The zero-order chi connectivity index (χ0) is 17.7. The van der Waals surface area contributed by atoms with E-state index in [9.17, 15) is 13.2 Å². The lowest BCUT2D eigenvalue weighted by Crippen LogP contribution is -2.40. The third kappa shape index (κ3) is 4.46. The molecule has 0 bridgehead atoms. The van der Waals surface area contributed by atoms with Crippen molar-refractivity contribution in [2.75, 3.05) is 32.9 Å². The Bertz CT molecular complexity index is 682. The fourth-order valence-electron chi connectivity index (χ4n) is 2.45. The van der Waals surface area contributed by atoms with Gasteiger partial charge in [-0.1, -0.05) is 0 Å². The molecule has 1 aromatic rings. The zero-order valence-electron chi connectivity index (χ0n) is 14.2. The minimum atomic E-state index is -3.77. The van der Waals surface area contributed by atoms with Gasteiger partial charge in [-0.25, -0.2) is 13.1 Å². The molecular weight excluding hydrogens is 332 g/mol. The van der Waals surface area contributed by atoms with Crippen molar-refractivity contribution in [3.8, 4) is 5.75 Å². The van der Waals surface area contributed by atoms with Gasteiger partial charge in [0, 0.05) is 24.7 Å². The fraction of sp³-hybridized carbons (Fsp3) is 0.562. The van der Waals surface area contributed by atoms with Crippen molar-refractivity contribution in [1.29, 1.82) is 0 Å². The molecule has 1 heterocycles. The van der Waals surface area contributed by atoms with E-state index in [1.807, 2.05) is 0 Å². The highest BCUT2D eigenvalue weighted by atomic mass is 32.2. The predicted octanol–water partition coefficient (Wildman–Crippen LogP) is 1.24. The molecule has 1 N–H and O–H groups in total. The van der Waals surface area contributed by atoms with Gasteiger partial charge in [-0.3, -0.25) is 4.79 Å². The van der Waals surface area contributed by atoms with Gasteiger partial charge in [0.2, 0.25) is 10.0 Å². The van der Waals surface area contributed by atoms with Crippen LogP contribution in [0.1, 0.15) is 31.1 Å². The van der Waals surface area contributed by atoms with E-state index < -0.39 is 10.0 Å². The Morgan fingerprint density at radius 2 is 2.00 bits per heavy atom. The first-order valence-corrected chi connectivity index (χ1v) is 9.49. The van der Waals surface area contributed by atoms with E-state index in [0.29, 0.717) is 38.5 Å². The Hall–Kier alpha value is -1.64. The van der Waals surface area contributed by atoms with Gasteiger partial charge in [0.15, 0.2) is 0 Å². The van der Waals surface area contributed by atoms with Gasteiger partial charge in [0.05, 0.1) is 19.8 Å². The summed E-state index contributed by atoms with van der Waals surface area (Å²) < 4.78 is 38.3. The van der Waals surface area contributed by atoms with E-state index in [0.717, 1.165) is 0 Å². The standard InChI is InChI=1S/C16H24N2O5S/c1-4-23-14-6-5-13(16(19)18-7-9-22-10-8-18)11-15(14)24(20,21)17-12(2)3/h5-6,11-12,17H,4,7-10H2,1-3H3. The molecule has 24 heavy (non-hydrogen) atoms. The smallest absolute Gasteiger partial charge is 0.254 e. The monoisotopic (exact) mass is 356 g/mol. The van der Waals surface area contributed by atoms with Gasteiger partial charge in [-0.2, -0.15) is 0 Å².